The van der Waals surface area contributed by atoms with Gasteiger partial charge in [0.2, 0.25) is 0 Å². The molecule has 16 heavy (non-hydrogen) atoms. The van der Waals surface area contributed by atoms with Crippen LogP contribution in [0.25, 0.3) is 0 Å². The molecule has 0 amide bonds. The van der Waals surface area contributed by atoms with E-state index >= 15 is 0 Å². The lowest BCUT2D eigenvalue weighted by atomic mass is 10.1. The van der Waals surface area contributed by atoms with Crippen LogP contribution in [-0.4, -0.2) is 55.7 Å². The van der Waals surface area contributed by atoms with Crippen LogP contribution in [0.4, 0.5) is 0 Å². The normalized spacial score (nSPS) is 15.3. The average Bonchev–Trinajstić information content (AvgIpc) is 2.12. The first-order valence-corrected chi connectivity index (χ1v) is 5.48. The Labute approximate surface area is 89.5 Å². The van der Waals surface area contributed by atoms with Gasteiger partial charge in [0.1, 0.15) is 12.7 Å². The van der Waals surface area contributed by atoms with Crippen molar-refractivity contribution in [3.05, 3.63) is 0 Å². The Balaban J connectivity index is 4.24. The molecule has 0 aliphatic rings. The SMILES string of the molecule is O=C(C[C@@H](O)[C@H](O)C(=O)CO)OP(=O)(O)O. The summed E-state index contributed by atoms with van der Waals surface area (Å²) in [6, 6.07) is 0. The molecule has 0 fully saturated rings. The van der Waals surface area contributed by atoms with Crippen molar-refractivity contribution in [1.29, 1.82) is 0 Å². The van der Waals surface area contributed by atoms with E-state index in [9.17, 15) is 14.2 Å². The summed E-state index contributed by atoms with van der Waals surface area (Å²) in [5.41, 5.74) is 0. The monoisotopic (exact) mass is 258 g/mol. The second kappa shape index (κ2) is 6.04. The van der Waals surface area contributed by atoms with E-state index in [0.717, 1.165) is 0 Å². The fourth-order valence-electron chi connectivity index (χ4n) is 0.760. The van der Waals surface area contributed by atoms with Gasteiger partial charge < -0.3 is 19.8 Å². The quantitative estimate of drug-likeness (QED) is 0.319. The molecule has 0 spiro atoms. The van der Waals surface area contributed by atoms with Crippen molar-refractivity contribution in [2.24, 2.45) is 0 Å². The van der Waals surface area contributed by atoms with Crippen molar-refractivity contribution in [2.75, 3.05) is 6.61 Å². The fraction of sp³-hybridized carbons (Fsp3) is 0.667. The molecule has 10 heteroatoms. The first-order chi connectivity index (χ1) is 7.17. The molecule has 0 radical (unpaired) electrons. The highest BCUT2D eigenvalue weighted by atomic mass is 31.2. The number of Topliss-reactive ketones (excluding diaryl/α,β-unsaturated/α-hetero) is 1. The number of carbonyl (C=O) groups is 2. The molecule has 0 unspecified atom stereocenters. The first-order valence-electron chi connectivity index (χ1n) is 3.95. The number of aliphatic hydroxyl groups is 3. The summed E-state index contributed by atoms with van der Waals surface area (Å²) in [5.74, 6) is -2.61. The number of phosphoric ester groups is 1. The molecule has 94 valence electrons. The Hall–Kier alpha value is -0.830. The molecule has 0 aromatic heterocycles. The second-order valence-corrected chi connectivity index (χ2v) is 3.96. The lowest BCUT2D eigenvalue weighted by Crippen LogP contribution is -2.37. The molecule has 0 rings (SSSR count). The van der Waals surface area contributed by atoms with E-state index in [4.69, 9.17) is 25.1 Å². The van der Waals surface area contributed by atoms with Gasteiger partial charge >= 0.3 is 13.8 Å². The van der Waals surface area contributed by atoms with Gasteiger partial charge in [0.15, 0.2) is 5.78 Å². The van der Waals surface area contributed by atoms with Crippen LogP contribution in [0.15, 0.2) is 0 Å². The predicted molar refractivity (Wildman–Crippen MR) is 46.9 cm³/mol. The van der Waals surface area contributed by atoms with E-state index in [1.54, 1.807) is 0 Å². The van der Waals surface area contributed by atoms with Crippen LogP contribution in [0.2, 0.25) is 0 Å². The molecule has 0 aliphatic heterocycles. The summed E-state index contributed by atoms with van der Waals surface area (Å²) in [5, 5.41) is 26.3. The van der Waals surface area contributed by atoms with Crippen molar-refractivity contribution in [2.45, 2.75) is 18.6 Å². The van der Waals surface area contributed by atoms with Crippen LogP contribution in [-0.2, 0) is 18.7 Å². The van der Waals surface area contributed by atoms with Gasteiger partial charge in [-0.05, 0) is 0 Å². The largest absolute Gasteiger partial charge is 0.526 e. The summed E-state index contributed by atoms with van der Waals surface area (Å²) < 4.78 is 13.7. The second-order valence-electron chi connectivity index (χ2n) is 2.79. The van der Waals surface area contributed by atoms with Crippen LogP contribution in [0.3, 0.4) is 0 Å². The van der Waals surface area contributed by atoms with E-state index in [1.165, 1.54) is 0 Å². The van der Waals surface area contributed by atoms with Gasteiger partial charge in [0, 0.05) is 0 Å². The van der Waals surface area contributed by atoms with Crippen molar-refractivity contribution in [3.8, 4) is 0 Å². The smallest absolute Gasteiger partial charge is 0.389 e. The van der Waals surface area contributed by atoms with Crippen LogP contribution in [0.5, 0.6) is 0 Å². The number of ketones is 1. The first kappa shape index (κ1) is 15.2. The van der Waals surface area contributed by atoms with E-state index in [1.807, 2.05) is 0 Å². The summed E-state index contributed by atoms with van der Waals surface area (Å²) in [6.45, 7) is -1.04. The van der Waals surface area contributed by atoms with Gasteiger partial charge in [-0.15, -0.1) is 0 Å². The van der Waals surface area contributed by atoms with Gasteiger partial charge in [-0.25, -0.2) is 4.57 Å². The number of carbonyl (C=O) groups excluding carboxylic acids is 2. The topological polar surface area (TPSA) is 162 Å². The van der Waals surface area contributed by atoms with Crippen LogP contribution >= 0.6 is 7.82 Å². The van der Waals surface area contributed by atoms with E-state index in [0.29, 0.717) is 0 Å². The molecule has 0 aromatic carbocycles. The molecule has 2 atom stereocenters. The molecule has 9 nitrogen and oxygen atoms in total. The van der Waals surface area contributed by atoms with E-state index in [-0.39, 0.29) is 0 Å². The fourth-order valence-corrected chi connectivity index (χ4v) is 1.10. The summed E-state index contributed by atoms with van der Waals surface area (Å²) >= 11 is 0. The average molecular weight is 258 g/mol. The zero-order chi connectivity index (χ0) is 12.9. The molecule has 0 bridgehead atoms. The van der Waals surface area contributed by atoms with Crippen LogP contribution < -0.4 is 0 Å². The zero-order valence-electron chi connectivity index (χ0n) is 7.89. The maximum Gasteiger partial charge on any atom is 0.526 e. The number of rotatable bonds is 6. The molecule has 0 saturated heterocycles. The molecular formula is C6H11O9P. The van der Waals surface area contributed by atoms with E-state index < -0.39 is 44.8 Å². The van der Waals surface area contributed by atoms with Gasteiger partial charge in [0.05, 0.1) is 12.5 Å². The maximum atomic E-state index is 10.7. The lowest BCUT2D eigenvalue weighted by molar-refractivity contribution is -0.143. The lowest BCUT2D eigenvalue weighted by Gasteiger charge is -2.14. The van der Waals surface area contributed by atoms with Gasteiger partial charge in [-0.2, -0.15) is 0 Å². The van der Waals surface area contributed by atoms with Gasteiger partial charge in [-0.3, -0.25) is 19.4 Å². The van der Waals surface area contributed by atoms with Crippen molar-refractivity contribution >= 4 is 19.6 Å². The Morgan fingerprint density at radius 3 is 2.12 bits per heavy atom. The summed E-state index contributed by atoms with van der Waals surface area (Å²) in [4.78, 5) is 37.8. The zero-order valence-corrected chi connectivity index (χ0v) is 8.78. The Morgan fingerprint density at radius 2 is 1.75 bits per heavy atom. The summed E-state index contributed by atoms with van der Waals surface area (Å²) in [7, 11) is -5.02. The Morgan fingerprint density at radius 1 is 1.25 bits per heavy atom. The van der Waals surface area contributed by atoms with Gasteiger partial charge in [-0.1, -0.05) is 0 Å². The minimum absolute atomic E-state index is 0.988. The van der Waals surface area contributed by atoms with Crippen LogP contribution in [0.1, 0.15) is 6.42 Å². The van der Waals surface area contributed by atoms with Gasteiger partial charge in [0.25, 0.3) is 0 Å². The minimum Gasteiger partial charge on any atom is -0.389 e. The number of aliphatic hydroxyl groups excluding tert-OH is 3. The predicted octanol–water partition coefficient (Wildman–Crippen LogP) is -2.70. The summed E-state index contributed by atoms with van der Waals surface area (Å²) in [6.07, 6.45) is -4.91. The molecule has 0 saturated carbocycles. The maximum absolute atomic E-state index is 10.7. The van der Waals surface area contributed by atoms with Crippen molar-refractivity contribution in [3.63, 3.8) is 0 Å². The number of phosphoric acid groups is 1. The highest BCUT2D eigenvalue weighted by Crippen LogP contribution is 2.36. The number of hydrogen-bond acceptors (Lipinski definition) is 7. The molecular weight excluding hydrogens is 247 g/mol. The minimum atomic E-state index is -5.02. The third-order valence-corrected chi connectivity index (χ3v) is 1.89. The standard InChI is InChI=1S/C6H11O9P/c7-2-4(9)6(11)3(8)1-5(10)15-16(12,13)14/h3,6-8,11H,1-2H2,(H2,12,13,14)/t3-,6+/m1/s1. The van der Waals surface area contributed by atoms with Crippen molar-refractivity contribution in [1.82, 2.24) is 0 Å². The molecule has 0 aliphatic carbocycles. The Bertz CT molecular complexity index is 307. The highest BCUT2D eigenvalue weighted by Gasteiger charge is 2.29. The molecule has 0 heterocycles. The molecule has 5 N–H and O–H groups in total. The third-order valence-electron chi connectivity index (χ3n) is 1.45. The highest BCUT2D eigenvalue weighted by molar-refractivity contribution is 7.46. The third kappa shape index (κ3) is 5.91. The van der Waals surface area contributed by atoms with Crippen LogP contribution in [0, 0.1) is 0 Å². The van der Waals surface area contributed by atoms with Crippen molar-refractivity contribution < 1.29 is 43.8 Å². The Kier molecular flexibility index (Phi) is 5.73. The molecule has 0 aromatic rings. The van der Waals surface area contributed by atoms with E-state index in [2.05, 4.69) is 4.52 Å². The number of hydrogen-bond donors (Lipinski definition) is 5.